The maximum atomic E-state index is 13.0. The molecule has 1 N–H and O–H groups in total. The largest absolute Gasteiger partial charge is 0.494 e. The van der Waals surface area contributed by atoms with E-state index in [1.165, 1.54) is 7.11 Å². The Bertz CT molecular complexity index is 1430. The molecular formula is C28H24BrClN2O6S. The lowest BCUT2D eigenvalue weighted by atomic mass is 10.1. The van der Waals surface area contributed by atoms with Crippen LogP contribution in [0.5, 0.6) is 17.2 Å². The van der Waals surface area contributed by atoms with Gasteiger partial charge in [0, 0.05) is 16.3 Å². The molecule has 0 atom stereocenters. The molecule has 0 aliphatic carbocycles. The number of thioether (sulfide) groups is 1. The van der Waals surface area contributed by atoms with Gasteiger partial charge in [0.15, 0.2) is 11.5 Å². The van der Waals surface area contributed by atoms with Crippen LogP contribution in [0.4, 0.5) is 10.5 Å². The number of methoxy groups -OCH3 is 1. The molecule has 4 rings (SSSR count). The molecule has 0 aromatic heterocycles. The summed E-state index contributed by atoms with van der Waals surface area (Å²) in [6, 6.07) is 17.6. The van der Waals surface area contributed by atoms with Crippen molar-refractivity contribution in [2.24, 2.45) is 0 Å². The van der Waals surface area contributed by atoms with E-state index in [1.54, 1.807) is 48.5 Å². The van der Waals surface area contributed by atoms with Crippen LogP contribution in [0.3, 0.4) is 0 Å². The van der Waals surface area contributed by atoms with Gasteiger partial charge < -0.3 is 19.5 Å². The number of halogens is 2. The van der Waals surface area contributed by atoms with Gasteiger partial charge in [-0.3, -0.25) is 19.3 Å². The Morgan fingerprint density at radius 3 is 2.54 bits per heavy atom. The lowest BCUT2D eigenvalue weighted by Crippen LogP contribution is -2.36. The minimum absolute atomic E-state index is 0.188. The van der Waals surface area contributed by atoms with Crippen LogP contribution in [0, 0.1) is 0 Å². The van der Waals surface area contributed by atoms with Gasteiger partial charge in [-0.25, -0.2) is 0 Å². The molecule has 1 heterocycles. The highest BCUT2D eigenvalue weighted by Gasteiger charge is 2.36. The zero-order valence-corrected chi connectivity index (χ0v) is 24.2. The topological polar surface area (TPSA) is 94.2 Å². The first-order valence-electron chi connectivity index (χ1n) is 11.8. The van der Waals surface area contributed by atoms with Gasteiger partial charge in [0.25, 0.3) is 11.1 Å². The van der Waals surface area contributed by atoms with Crippen molar-refractivity contribution in [2.75, 3.05) is 25.6 Å². The van der Waals surface area contributed by atoms with Crippen molar-refractivity contribution in [1.82, 2.24) is 4.90 Å². The molecule has 3 aromatic carbocycles. The number of amides is 3. The van der Waals surface area contributed by atoms with Gasteiger partial charge in [0.2, 0.25) is 5.91 Å². The molecule has 1 aliphatic heterocycles. The number of carbonyl (C=O) groups excluding carboxylic acids is 3. The van der Waals surface area contributed by atoms with Crippen LogP contribution in [0.1, 0.15) is 18.1 Å². The van der Waals surface area contributed by atoms with Crippen LogP contribution in [-0.4, -0.2) is 42.2 Å². The number of anilines is 1. The Hall–Kier alpha value is -3.47. The van der Waals surface area contributed by atoms with Gasteiger partial charge in [-0.1, -0.05) is 29.8 Å². The first kappa shape index (κ1) is 28.5. The Balaban J connectivity index is 1.44. The first-order chi connectivity index (χ1) is 18.8. The second-order valence-corrected chi connectivity index (χ2v) is 10.4. The number of hydrogen-bond acceptors (Lipinski definition) is 7. The molecule has 0 saturated carbocycles. The van der Waals surface area contributed by atoms with Crippen molar-refractivity contribution in [3.8, 4) is 17.2 Å². The minimum Gasteiger partial charge on any atom is -0.494 e. The summed E-state index contributed by atoms with van der Waals surface area (Å²) in [7, 11) is 1.50. The van der Waals surface area contributed by atoms with Gasteiger partial charge >= 0.3 is 0 Å². The molecule has 3 amide bonds. The second-order valence-electron chi connectivity index (χ2n) is 8.19. The van der Waals surface area contributed by atoms with Gasteiger partial charge in [0.1, 0.15) is 18.9 Å². The Morgan fingerprint density at radius 1 is 1.10 bits per heavy atom. The summed E-state index contributed by atoms with van der Waals surface area (Å²) in [5.41, 5.74) is 1.95. The van der Waals surface area contributed by atoms with E-state index in [0.717, 1.165) is 22.2 Å². The summed E-state index contributed by atoms with van der Waals surface area (Å²) in [4.78, 5) is 39.1. The third kappa shape index (κ3) is 7.14. The van der Waals surface area contributed by atoms with Crippen molar-refractivity contribution < 1.29 is 28.6 Å². The summed E-state index contributed by atoms with van der Waals surface area (Å²) in [5, 5.41) is 2.75. The molecule has 1 saturated heterocycles. The smallest absolute Gasteiger partial charge is 0.294 e. The average molecular weight is 632 g/mol. The Labute approximate surface area is 243 Å². The van der Waals surface area contributed by atoms with Crippen LogP contribution < -0.4 is 19.5 Å². The summed E-state index contributed by atoms with van der Waals surface area (Å²) in [6.07, 6.45) is 1.57. The molecule has 1 aliphatic rings. The van der Waals surface area contributed by atoms with Crippen LogP contribution in [0.25, 0.3) is 6.08 Å². The van der Waals surface area contributed by atoms with E-state index < -0.39 is 23.6 Å². The monoisotopic (exact) mass is 630 g/mol. The number of hydrogen-bond donors (Lipinski definition) is 1. The SMILES string of the molecule is CCOc1ccc(NC(=O)CN2C(=O)S/C(=C\c3cc(Br)c(OCc4ccccc4Cl)c(OC)c3)C2=O)cc1. The maximum absolute atomic E-state index is 13.0. The molecular weight excluding hydrogens is 608 g/mol. The van der Waals surface area contributed by atoms with E-state index in [2.05, 4.69) is 21.2 Å². The Kier molecular flexibility index (Phi) is 9.55. The summed E-state index contributed by atoms with van der Waals surface area (Å²) >= 11 is 10.5. The van der Waals surface area contributed by atoms with Gasteiger partial charge in [-0.15, -0.1) is 0 Å². The molecule has 39 heavy (non-hydrogen) atoms. The fourth-order valence-corrected chi connectivity index (χ4v) is 5.26. The average Bonchev–Trinajstić information content (AvgIpc) is 3.17. The van der Waals surface area contributed by atoms with Crippen LogP contribution in [0.2, 0.25) is 5.02 Å². The highest BCUT2D eigenvalue weighted by atomic mass is 79.9. The number of nitrogens with one attached hydrogen (secondary N) is 1. The number of ether oxygens (including phenoxy) is 3. The zero-order chi connectivity index (χ0) is 27.9. The molecule has 202 valence electrons. The van der Waals surface area contributed by atoms with Crippen molar-refractivity contribution in [3.05, 3.63) is 86.2 Å². The van der Waals surface area contributed by atoms with Crippen molar-refractivity contribution >= 4 is 68.1 Å². The van der Waals surface area contributed by atoms with Crippen LogP contribution in [-0.2, 0) is 16.2 Å². The van der Waals surface area contributed by atoms with Gasteiger partial charge in [-0.05, 0) is 88.7 Å². The van der Waals surface area contributed by atoms with Gasteiger partial charge in [0.05, 0.1) is 23.1 Å². The van der Waals surface area contributed by atoms with E-state index in [9.17, 15) is 14.4 Å². The lowest BCUT2D eigenvalue weighted by molar-refractivity contribution is -0.127. The zero-order valence-electron chi connectivity index (χ0n) is 21.0. The maximum Gasteiger partial charge on any atom is 0.294 e. The number of benzene rings is 3. The number of rotatable bonds is 10. The summed E-state index contributed by atoms with van der Waals surface area (Å²) in [5.74, 6) is 0.522. The third-order valence-electron chi connectivity index (χ3n) is 5.50. The predicted octanol–water partition coefficient (Wildman–Crippen LogP) is 6.76. The van der Waals surface area contributed by atoms with E-state index in [-0.39, 0.29) is 11.5 Å². The molecule has 0 spiro atoms. The number of imide groups is 1. The molecule has 11 heteroatoms. The lowest BCUT2D eigenvalue weighted by Gasteiger charge is -2.14. The van der Waals surface area contributed by atoms with E-state index >= 15 is 0 Å². The molecule has 3 aromatic rings. The highest BCUT2D eigenvalue weighted by molar-refractivity contribution is 9.10. The fraction of sp³-hybridized carbons (Fsp3) is 0.179. The Morgan fingerprint density at radius 2 is 1.85 bits per heavy atom. The van der Waals surface area contributed by atoms with Crippen molar-refractivity contribution in [2.45, 2.75) is 13.5 Å². The third-order valence-corrected chi connectivity index (χ3v) is 7.37. The molecule has 0 radical (unpaired) electrons. The van der Waals surface area contributed by atoms with E-state index in [0.29, 0.717) is 44.6 Å². The fourth-order valence-electron chi connectivity index (χ4n) is 3.66. The summed E-state index contributed by atoms with van der Waals surface area (Å²) in [6.45, 7) is 2.23. The van der Waals surface area contributed by atoms with Crippen LogP contribution in [0.15, 0.2) is 70.0 Å². The van der Waals surface area contributed by atoms with Crippen molar-refractivity contribution in [1.29, 1.82) is 0 Å². The minimum atomic E-state index is -0.555. The number of carbonyl (C=O) groups is 3. The highest BCUT2D eigenvalue weighted by Crippen LogP contribution is 2.39. The second kappa shape index (κ2) is 13.1. The quantitative estimate of drug-likeness (QED) is 0.247. The molecule has 1 fully saturated rings. The molecule has 0 unspecified atom stereocenters. The first-order valence-corrected chi connectivity index (χ1v) is 13.8. The number of nitrogens with zero attached hydrogens (tertiary/aromatic N) is 1. The predicted molar refractivity (Wildman–Crippen MR) is 155 cm³/mol. The standard InChI is InChI=1S/C28H24BrClN2O6S/c1-3-37-20-10-8-19(9-11-20)31-25(33)15-32-27(34)24(39-28(32)35)14-17-12-21(29)26(23(13-17)36-2)38-16-18-6-4-5-7-22(18)30/h4-14H,3,15-16H2,1-2H3,(H,31,33)/b24-14-. The van der Waals surface area contributed by atoms with Gasteiger partial charge in [-0.2, -0.15) is 0 Å². The molecule has 0 bridgehead atoms. The van der Waals surface area contributed by atoms with Crippen LogP contribution >= 0.6 is 39.3 Å². The molecule has 8 nitrogen and oxygen atoms in total. The normalized spacial score (nSPS) is 14.1. The summed E-state index contributed by atoms with van der Waals surface area (Å²) < 4.78 is 17.4. The van der Waals surface area contributed by atoms with E-state index in [1.807, 2.05) is 25.1 Å². The van der Waals surface area contributed by atoms with E-state index in [4.69, 9.17) is 25.8 Å². The van der Waals surface area contributed by atoms with Crippen molar-refractivity contribution in [3.63, 3.8) is 0 Å².